The Hall–Kier alpha value is -0.370. The Morgan fingerprint density at radius 2 is 1.67 bits per heavy atom. The fourth-order valence-electron chi connectivity index (χ4n) is 0.900. The Morgan fingerprint density at radius 3 is 1.83 bits per heavy atom. The molecular weight excluding hydrogens is 166 g/mol. The van der Waals surface area contributed by atoms with Crippen LogP contribution in [0.4, 0.5) is 0 Å². The maximum Gasteiger partial charge on any atom is 0.0900 e. The molecule has 0 radical (unpaired) electrons. The summed E-state index contributed by atoms with van der Waals surface area (Å²) >= 11 is 1.78. The molecule has 0 spiro atoms. The van der Waals surface area contributed by atoms with Crippen molar-refractivity contribution in [3.05, 3.63) is 15.6 Å². The van der Waals surface area contributed by atoms with E-state index in [4.69, 9.17) is 0 Å². The molecule has 1 nitrogen and oxygen atoms in total. The van der Waals surface area contributed by atoms with Gasteiger partial charge in [-0.05, 0) is 20.3 Å². The lowest BCUT2D eigenvalue weighted by atomic mass is 10.3. The summed E-state index contributed by atoms with van der Waals surface area (Å²) in [6.45, 7) is 10.6. The molecule has 0 saturated heterocycles. The molecular formula is C10H19NS. The molecule has 2 heteroatoms. The molecule has 1 heterocycles. The van der Waals surface area contributed by atoms with E-state index >= 15 is 0 Å². The van der Waals surface area contributed by atoms with Crippen molar-refractivity contribution in [1.82, 2.24) is 4.98 Å². The molecule has 0 fully saturated rings. The van der Waals surface area contributed by atoms with Gasteiger partial charge in [0.2, 0.25) is 0 Å². The summed E-state index contributed by atoms with van der Waals surface area (Å²) in [7, 11) is 0. The number of hydrogen-bond acceptors (Lipinski definition) is 2. The van der Waals surface area contributed by atoms with Crippen LogP contribution in [0.25, 0.3) is 0 Å². The van der Waals surface area contributed by atoms with E-state index in [1.807, 2.05) is 0 Å². The maximum absolute atomic E-state index is 4.35. The van der Waals surface area contributed by atoms with Gasteiger partial charge in [-0.15, -0.1) is 11.3 Å². The van der Waals surface area contributed by atoms with Crippen LogP contribution in [0.1, 0.15) is 42.8 Å². The van der Waals surface area contributed by atoms with Crippen LogP contribution in [0.5, 0.6) is 0 Å². The number of thiazole rings is 1. The minimum atomic E-state index is 1.07. The number of aryl methyl sites for hydroxylation is 3. The van der Waals surface area contributed by atoms with Crippen molar-refractivity contribution in [3.8, 4) is 0 Å². The summed E-state index contributed by atoms with van der Waals surface area (Å²) in [5, 5.41) is 1.18. The Labute approximate surface area is 79.9 Å². The zero-order chi connectivity index (χ0) is 9.56. The normalized spacial score (nSPS) is 9.08. The molecule has 1 aromatic heterocycles. The van der Waals surface area contributed by atoms with Crippen LogP contribution >= 0.6 is 11.3 Å². The van der Waals surface area contributed by atoms with Gasteiger partial charge in [0, 0.05) is 4.88 Å². The highest BCUT2D eigenvalue weighted by Gasteiger charge is 1.99. The first kappa shape index (κ1) is 11.6. The van der Waals surface area contributed by atoms with Gasteiger partial charge in [0.15, 0.2) is 0 Å². The summed E-state index contributed by atoms with van der Waals surface area (Å²) < 4.78 is 0. The molecule has 1 rings (SSSR count). The Morgan fingerprint density at radius 1 is 1.17 bits per heavy atom. The minimum Gasteiger partial charge on any atom is -0.246 e. The van der Waals surface area contributed by atoms with Crippen molar-refractivity contribution >= 4 is 11.3 Å². The number of aromatic nitrogens is 1. The van der Waals surface area contributed by atoms with Crippen molar-refractivity contribution in [3.63, 3.8) is 0 Å². The van der Waals surface area contributed by atoms with E-state index in [0.717, 1.165) is 6.42 Å². The molecule has 0 saturated carbocycles. The molecule has 1 aromatic rings. The van der Waals surface area contributed by atoms with Crippen LogP contribution < -0.4 is 0 Å². The molecule has 0 atom stereocenters. The summed E-state index contributed by atoms with van der Waals surface area (Å²) in [6, 6.07) is 0. The average molecular weight is 185 g/mol. The van der Waals surface area contributed by atoms with Gasteiger partial charge in [-0.3, -0.25) is 0 Å². The highest BCUT2D eigenvalue weighted by molar-refractivity contribution is 7.11. The van der Waals surface area contributed by atoms with Crippen molar-refractivity contribution in [2.45, 2.75) is 47.5 Å². The molecule has 0 aromatic carbocycles. The zero-order valence-electron chi connectivity index (χ0n) is 8.77. The van der Waals surface area contributed by atoms with E-state index in [-0.39, 0.29) is 0 Å². The first-order chi connectivity index (χ1) is 5.65. The fraction of sp³-hybridized carbons (Fsp3) is 0.700. The third-order valence-corrected chi connectivity index (χ3v) is 2.26. The lowest BCUT2D eigenvalue weighted by Crippen LogP contribution is -1.81. The summed E-state index contributed by atoms with van der Waals surface area (Å²) in [5.41, 5.74) is 1.26. The van der Waals surface area contributed by atoms with Gasteiger partial charge in [0.05, 0.1) is 10.7 Å². The van der Waals surface area contributed by atoms with Crippen LogP contribution in [0.3, 0.4) is 0 Å². The molecule has 0 N–H and O–H groups in total. The third kappa shape index (κ3) is 3.86. The number of rotatable bonds is 1. The smallest absolute Gasteiger partial charge is 0.0900 e. The van der Waals surface area contributed by atoms with Gasteiger partial charge in [-0.25, -0.2) is 4.98 Å². The number of hydrogen-bond donors (Lipinski definition) is 0. The zero-order valence-corrected chi connectivity index (χ0v) is 9.59. The van der Waals surface area contributed by atoms with Crippen molar-refractivity contribution in [1.29, 1.82) is 0 Å². The van der Waals surface area contributed by atoms with Crippen molar-refractivity contribution in [2.75, 3.05) is 0 Å². The lowest BCUT2D eigenvalue weighted by molar-refractivity contribution is 1.03. The molecule has 0 aliphatic heterocycles. The molecule has 0 unspecified atom stereocenters. The van der Waals surface area contributed by atoms with Crippen LogP contribution in [-0.2, 0) is 6.42 Å². The van der Waals surface area contributed by atoms with Gasteiger partial charge < -0.3 is 0 Å². The Balaban J connectivity index is 0.000000354. The van der Waals surface area contributed by atoms with E-state index in [2.05, 4.69) is 39.6 Å². The van der Waals surface area contributed by atoms with Gasteiger partial charge in [-0.1, -0.05) is 27.2 Å². The Bertz CT molecular complexity index is 216. The SMILES string of the molecule is CCC.CCc1nc(C)sc1C. The molecule has 12 heavy (non-hydrogen) atoms. The highest BCUT2D eigenvalue weighted by Crippen LogP contribution is 2.15. The lowest BCUT2D eigenvalue weighted by Gasteiger charge is -1.85. The highest BCUT2D eigenvalue weighted by atomic mass is 32.1. The largest absolute Gasteiger partial charge is 0.246 e. The molecule has 0 aliphatic rings. The fourth-order valence-corrected chi connectivity index (χ4v) is 1.81. The van der Waals surface area contributed by atoms with E-state index in [1.54, 1.807) is 11.3 Å². The van der Waals surface area contributed by atoms with E-state index in [0.29, 0.717) is 0 Å². The van der Waals surface area contributed by atoms with Gasteiger partial charge in [0.25, 0.3) is 0 Å². The van der Waals surface area contributed by atoms with E-state index in [1.165, 1.54) is 22.0 Å². The van der Waals surface area contributed by atoms with Gasteiger partial charge in [0.1, 0.15) is 0 Å². The predicted molar refractivity (Wildman–Crippen MR) is 56.9 cm³/mol. The second kappa shape index (κ2) is 6.18. The second-order valence-electron chi connectivity index (χ2n) is 2.80. The maximum atomic E-state index is 4.35. The first-order valence-electron chi connectivity index (χ1n) is 4.58. The number of nitrogens with zero attached hydrogens (tertiary/aromatic N) is 1. The quantitative estimate of drug-likeness (QED) is 0.649. The minimum absolute atomic E-state index is 1.07. The first-order valence-corrected chi connectivity index (χ1v) is 5.40. The van der Waals surface area contributed by atoms with E-state index in [9.17, 15) is 0 Å². The monoisotopic (exact) mass is 185 g/mol. The van der Waals surface area contributed by atoms with Crippen molar-refractivity contribution in [2.24, 2.45) is 0 Å². The van der Waals surface area contributed by atoms with Crippen LogP contribution in [0.15, 0.2) is 0 Å². The molecule has 0 amide bonds. The standard InChI is InChI=1S/C7H11NS.C3H8/c1-4-7-5(2)9-6(3)8-7;1-3-2/h4H2,1-3H3;3H2,1-2H3. The van der Waals surface area contributed by atoms with Crippen LogP contribution in [-0.4, -0.2) is 4.98 Å². The Kier molecular flexibility index (Phi) is 5.99. The molecule has 70 valence electrons. The molecule has 0 bridgehead atoms. The summed E-state index contributed by atoms with van der Waals surface area (Å²) in [4.78, 5) is 5.72. The summed E-state index contributed by atoms with van der Waals surface area (Å²) in [6.07, 6.45) is 2.32. The second-order valence-corrected chi connectivity index (χ2v) is 4.20. The van der Waals surface area contributed by atoms with Gasteiger partial charge in [-0.2, -0.15) is 0 Å². The molecule has 0 aliphatic carbocycles. The van der Waals surface area contributed by atoms with Crippen LogP contribution in [0, 0.1) is 13.8 Å². The predicted octanol–water partition coefficient (Wildman–Crippen LogP) is 3.74. The van der Waals surface area contributed by atoms with Crippen molar-refractivity contribution < 1.29 is 0 Å². The topological polar surface area (TPSA) is 12.9 Å². The van der Waals surface area contributed by atoms with Gasteiger partial charge >= 0.3 is 0 Å². The van der Waals surface area contributed by atoms with Crippen LogP contribution in [0.2, 0.25) is 0 Å². The third-order valence-electron chi connectivity index (χ3n) is 1.33. The summed E-state index contributed by atoms with van der Waals surface area (Å²) in [5.74, 6) is 0. The van der Waals surface area contributed by atoms with E-state index < -0.39 is 0 Å². The average Bonchev–Trinajstić information content (AvgIpc) is 2.31.